The maximum atomic E-state index is 12.5. The third-order valence-electron chi connectivity index (χ3n) is 3.21. The number of halogens is 1. The standard InChI is InChI=1S/C16H19ClN2O3S/c1-3-4-10-22-15-11-13(7-8-14(15)17)23(20,21)19-16-12(2)6-5-9-18-16/h5-9,11H,3-4,10H2,1-2H3,(H,18,19). The van der Waals surface area contributed by atoms with Crippen LogP contribution >= 0.6 is 11.6 Å². The minimum Gasteiger partial charge on any atom is -0.492 e. The van der Waals surface area contributed by atoms with E-state index in [1.165, 1.54) is 24.4 Å². The van der Waals surface area contributed by atoms with Gasteiger partial charge in [-0.05, 0) is 37.1 Å². The van der Waals surface area contributed by atoms with E-state index >= 15 is 0 Å². The Hall–Kier alpha value is -1.79. The van der Waals surface area contributed by atoms with Crippen molar-refractivity contribution in [2.45, 2.75) is 31.6 Å². The molecule has 0 unspecified atom stereocenters. The van der Waals surface area contributed by atoms with Crippen LogP contribution in [0, 0.1) is 6.92 Å². The van der Waals surface area contributed by atoms with Gasteiger partial charge in [0.05, 0.1) is 16.5 Å². The highest BCUT2D eigenvalue weighted by molar-refractivity contribution is 7.92. The van der Waals surface area contributed by atoms with Crippen molar-refractivity contribution in [3.8, 4) is 5.75 Å². The molecule has 1 N–H and O–H groups in total. The number of nitrogens with zero attached hydrogens (tertiary/aromatic N) is 1. The van der Waals surface area contributed by atoms with Crippen molar-refractivity contribution in [1.29, 1.82) is 0 Å². The molecule has 0 fully saturated rings. The first-order valence-electron chi connectivity index (χ1n) is 7.31. The van der Waals surface area contributed by atoms with Gasteiger partial charge in [0, 0.05) is 12.3 Å². The van der Waals surface area contributed by atoms with Crippen molar-refractivity contribution < 1.29 is 13.2 Å². The summed E-state index contributed by atoms with van der Waals surface area (Å²) in [6, 6.07) is 7.91. The van der Waals surface area contributed by atoms with Crippen molar-refractivity contribution in [3.05, 3.63) is 47.1 Å². The SMILES string of the molecule is CCCCOc1cc(S(=O)(=O)Nc2ncccc2C)ccc1Cl. The van der Waals surface area contributed by atoms with Crippen LogP contribution in [0.2, 0.25) is 5.02 Å². The molecule has 0 aliphatic rings. The van der Waals surface area contributed by atoms with E-state index in [0.717, 1.165) is 18.4 Å². The number of aryl methyl sites for hydroxylation is 1. The Morgan fingerprint density at radius 2 is 2.09 bits per heavy atom. The van der Waals surface area contributed by atoms with Crippen LogP contribution < -0.4 is 9.46 Å². The van der Waals surface area contributed by atoms with Gasteiger partial charge < -0.3 is 4.74 Å². The van der Waals surface area contributed by atoms with Crippen LogP contribution in [0.4, 0.5) is 5.82 Å². The quantitative estimate of drug-likeness (QED) is 0.762. The lowest BCUT2D eigenvalue weighted by Crippen LogP contribution is -2.15. The molecule has 0 saturated carbocycles. The molecule has 0 aliphatic heterocycles. The van der Waals surface area contributed by atoms with Gasteiger partial charge in [0.2, 0.25) is 0 Å². The lowest BCUT2D eigenvalue weighted by Gasteiger charge is -2.12. The molecule has 5 nitrogen and oxygen atoms in total. The molecule has 0 radical (unpaired) electrons. The predicted octanol–water partition coefficient (Wildman–Crippen LogP) is 4.02. The van der Waals surface area contributed by atoms with Crippen molar-refractivity contribution in [1.82, 2.24) is 4.98 Å². The van der Waals surface area contributed by atoms with Crippen molar-refractivity contribution in [2.75, 3.05) is 11.3 Å². The van der Waals surface area contributed by atoms with Crippen LogP contribution in [0.15, 0.2) is 41.4 Å². The largest absolute Gasteiger partial charge is 0.492 e. The molecule has 0 spiro atoms. The first-order chi connectivity index (χ1) is 10.9. The van der Waals surface area contributed by atoms with Crippen LogP contribution in [-0.2, 0) is 10.0 Å². The molecular weight excluding hydrogens is 336 g/mol. The Bertz CT molecular complexity index is 779. The van der Waals surface area contributed by atoms with Crippen molar-refractivity contribution in [2.24, 2.45) is 0 Å². The topological polar surface area (TPSA) is 68.3 Å². The average molecular weight is 355 g/mol. The second-order valence-corrected chi connectivity index (χ2v) is 7.16. The summed E-state index contributed by atoms with van der Waals surface area (Å²) in [6.45, 7) is 4.32. The molecule has 0 aliphatic carbocycles. The number of hydrogen-bond donors (Lipinski definition) is 1. The van der Waals surface area contributed by atoms with Crippen molar-refractivity contribution in [3.63, 3.8) is 0 Å². The third-order valence-corrected chi connectivity index (χ3v) is 4.86. The Labute approximate surface area is 141 Å². The number of unbranched alkanes of at least 4 members (excludes halogenated alkanes) is 1. The van der Waals surface area contributed by atoms with Gasteiger partial charge in [-0.25, -0.2) is 13.4 Å². The Balaban J connectivity index is 2.26. The normalized spacial score (nSPS) is 11.3. The molecule has 23 heavy (non-hydrogen) atoms. The summed E-state index contributed by atoms with van der Waals surface area (Å²) in [7, 11) is -3.76. The van der Waals surface area contributed by atoms with E-state index in [4.69, 9.17) is 16.3 Å². The number of nitrogens with one attached hydrogen (secondary N) is 1. The predicted molar refractivity (Wildman–Crippen MR) is 91.6 cm³/mol. The lowest BCUT2D eigenvalue weighted by atomic mass is 10.3. The zero-order chi connectivity index (χ0) is 16.9. The second kappa shape index (κ2) is 7.66. The molecule has 1 aromatic carbocycles. The van der Waals surface area contributed by atoms with Gasteiger partial charge in [-0.3, -0.25) is 4.72 Å². The summed E-state index contributed by atoms with van der Waals surface area (Å²) < 4.78 is 33.0. The summed E-state index contributed by atoms with van der Waals surface area (Å²) >= 11 is 6.06. The Morgan fingerprint density at radius 3 is 2.78 bits per heavy atom. The van der Waals surface area contributed by atoms with Crippen LogP contribution in [0.1, 0.15) is 25.3 Å². The van der Waals surface area contributed by atoms with Gasteiger partial charge in [-0.1, -0.05) is 31.0 Å². The van der Waals surface area contributed by atoms with Crippen molar-refractivity contribution >= 4 is 27.4 Å². The molecular formula is C16H19ClN2O3S. The first kappa shape index (κ1) is 17.6. The summed E-state index contributed by atoms with van der Waals surface area (Å²) in [6.07, 6.45) is 3.39. The molecule has 2 rings (SSSR count). The molecule has 1 heterocycles. The highest BCUT2D eigenvalue weighted by atomic mass is 35.5. The summed E-state index contributed by atoms with van der Waals surface area (Å²) in [4.78, 5) is 4.12. The average Bonchev–Trinajstić information content (AvgIpc) is 2.51. The first-order valence-corrected chi connectivity index (χ1v) is 9.17. The number of ether oxygens (including phenoxy) is 1. The number of anilines is 1. The monoisotopic (exact) mass is 354 g/mol. The molecule has 2 aromatic rings. The molecule has 124 valence electrons. The van der Waals surface area contributed by atoms with E-state index in [9.17, 15) is 8.42 Å². The highest BCUT2D eigenvalue weighted by Crippen LogP contribution is 2.28. The van der Waals surface area contributed by atoms with Gasteiger partial charge in [-0.15, -0.1) is 0 Å². The number of hydrogen-bond acceptors (Lipinski definition) is 4. The van der Waals surface area contributed by atoms with Gasteiger partial charge in [0.15, 0.2) is 0 Å². The Morgan fingerprint density at radius 1 is 1.30 bits per heavy atom. The molecule has 0 saturated heterocycles. The lowest BCUT2D eigenvalue weighted by molar-refractivity contribution is 0.309. The van der Waals surface area contributed by atoms with E-state index in [1.54, 1.807) is 19.1 Å². The van der Waals surface area contributed by atoms with Gasteiger partial charge in [0.1, 0.15) is 11.6 Å². The second-order valence-electron chi connectivity index (χ2n) is 5.07. The Kier molecular flexibility index (Phi) is 5.85. The molecule has 1 aromatic heterocycles. The minimum absolute atomic E-state index is 0.0819. The number of sulfonamides is 1. The maximum Gasteiger partial charge on any atom is 0.263 e. The fraction of sp³-hybridized carbons (Fsp3) is 0.312. The smallest absolute Gasteiger partial charge is 0.263 e. The van der Waals surface area contributed by atoms with E-state index in [2.05, 4.69) is 9.71 Å². The third kappa shape index (κ3) is 4.59. The molecule has 7 heteroatoms. The summed E-state index contributed by atoms with van der Waals surface area (Å²) in [5.74, 6) is 0.664. The number of rotatable bonds is 7. The van der Waals surface area contributed by atoms with E-state index in [0.29, 0.717) is 23.2 Å². The number of pyridine rings is 1. The number of benzene rings is 1. The maximum absolute atomic E-state index is 12.5. The minimum atomic E-state index is -3.76. The van der Waals surface area contributed by atoms with Gasteiger partial charge in [0.25, 0.3) is 10.0 Å². The number of aromatic nitrogens is 1. The zero-order valence-electron chi connectivity index (χ0n) is 13.0. The van der Waals surface area contributed by atoms with Gasteiger partial charge in [-0.2, -0.15) is 0 Å². The van der Waals surface area contributed by atoms with Gasteiger partial charge >= 0.3 is 0 Å². The van der Waals surface area contributed by atoms with Crippen LogP contribution in [0.3, 0.4) is 0 Å². The molecule has 0 atom stereocenters. The van der Waals surface area contributed by atoms with E-state index in [-0.39, 0.29) is 4.90 Å². The summed E-state index contributed by atoms with van der Waals surface area (Å²) in [5.41, 5.74) is 0.740. The molecule has 0 bridgehead atoms. The fourth-order valence-corrected chi connectivity index (χ4v) is 3.13. The zero-order valence-corrected chi connectivity index (χ0v) is 14.6. The highest BCUT2D eigenvalue weighted by Gasteiger charge is 2.18. The van der Waals surface area contributed by atoms with E-state index in [1.807, 2.05) is 6.92 Å². The van der Waals surface area contributed by atoms with Crippen LogP contribution in [0.25, 0.3) is 0 Å². The molecule has 0 amide bonds. The van der Waals surface area contributed by atoms with Crippen LogP contribution in [0.5, 0.6) is 5.75 Å². The summed E-state index contributed by atoms with van der Waals surface area (Å²) in [5, 5.41) is 0.383. The fourth-order valence-electron chi connectivity index (χ4n) is 1.87. The van der Waals surface area contributed by atoms with E-state index < -0.39 is 10.0 Å². The van der Waals surface area contributed by atoms with Crippen LogP contribution in [-0.4, -0.2) is 20.0 Å².